The molecule has 0 aliphatic carbocycles. The van der Waals surface area contributed by atoms with Crippen molar-refractivity contribution >= 4 is 46.9 Å². The first-order valence-corrected chi connectivity index (χ1v) is 10.5. The third-order valence-electron chi connectivity index (χ3n) is 4.49. The number of aromatic nitrogens is 1. The number of pyridine rings is 1. The smallest absolute Gasteiger partial charge is 0.265 e. The zero-order valence-electron chi connectivity index (χ0n) is 15.9. The van der Waals surface area contributed by atoms with Crippen LogP contribution in [0.2, 0.25) is 5.02 Å². The number of fused-ring (bicyclic) bond motifs is 1. The summed E-state index contributed by atoms with van der Waals surface area (Å²) in [6.07, 6.45) is 5.18. The predicted molar refractivity (Wildman–Crippen MR) is 120 cm³/mol. The molecular formula is C23H18ClN3O2S. The largest absolute Gasteiger partial charge is 0.350 e. The van der Waals surface area contributed by atoms with Gasteiger partial charge in [-0.25, -0.2) is 0 Å². The molecule has 30 heavy (non-hydrogen) atoms. The number of amides is 2. The number of carbonyl (C=O) groups is 2. The normalized spacial score (nSPS) is 14.5. The molecule has 150 valence electrons. The van der Waals surface area contributed by atoms with E-state index in [4.69, 9.17) is 11.6 Å². The average Bonchev–Trinajstić information content (AvgIpc) is 2.76. The third-order valence-corrected chi connectivity index (χ3v) is 5.81. The molecule has 2 aromatic carbocycles. The highest BCUT2D eigenvalue weighted by Crippen LogP contribution is 2.41. The number of nitrogens with zero attached hydrogens (tertiary/aromatic N) is 2. The Morgan fingerprint density at radius 2 is 2.00 bits per heavy atom. The fourth-order valence-corrected chi connectivity index (χ4v) is 4.33. The van der Waals surface area contributed by atoms with Gasteiger partial charge in [-0.1, -0.05) is 53.7 Å². The van der Waals surface area contributed by atoms with Crippen LogP contribution in [0.1, 0.15) is 11.1 Å². The molecule has 0 saturated heterocycles. The Hall–Kier alpha value is -3.09. The molecule has 1 N–H and O–H groups in total. The van der Waals surface area contributed by atoms with Crippen LogP contribution in [0, 0.1) is 0 Å². The van der Waals surface area contributed by atoms with Crippen LogP contribution >= 0.6 is 23.4 Å². The number of benzene rings is 2. The Morgan fingerprint density at radius 3 is 2.80 bits per heavy atom. The Morgan fingerprint density at radius 1 is 1.13 bits per heavy atom. The first-order chi connectivity index (χ1) is 14.6. The topological polar surface area (TPSA) is 62.3 Å². The molecule has 1 aliphatic heterocycles. The van der Waals surface area contributed by atoms with Crippen LogP contribution in [0.15, 0.2) is 82.9 Å². The minimum absolute atomic E-state index is 0.0659. The van der Waals surface area contributed by atoms with E-state index in [-0.39, 0.29) is 18.4 Å². The van der Waals surface area contributed by atoms with Gasteiger partial charge in [-0.15, -0.1) is 0 Å². The lowest BCUT2D eigenvalue weighted by Gasteiger charge is -2.29. The minimum atomic E-state index is -0.240. The van der Waals surface area contributed by atoms with E-state index in [1.165, 1.54) is 16.7 Å². The summed E-state index contributed by atoms with van der Waals surface area (Å²) in [5, 5.41) is 3.45. The highest BCUT2D eigenvalue weighted by molar-refractivity contribution is 8.04. The van der Waals surface area contributed by atoms with Gasteiger partial charge in [0.2, 0.25) is 5.91 Å². The van der Waals surface area contributed by atoms with Gasteiger partial charge in [0.25, 0.3) is 5.91 Å². The number of carbonyl (C=O) groups excluding carboxylic acids is 2. The Labute approximate surface area is 183 Å². The van der Waals surface area contributed by atoms with E-state index >= 15 is 0 Å². The summed E-state index contributed by atoms with van der Waals surface area (Å²) in [5.41, 5.74) is 2.46. The molecule has 0 bridgehead atoms. The number of hydrogen-bond donors (Lipinski definition) is 1. The first kappa shape index (κ1) is 20.2. The number of rotatable bonds is 5. The van der Waals surface area contributed by atoms with E-state index in [0.717, 1.165) is 21.7 Å². The molecule has 2 heterocycles. The van der Waals surface area contributed by atoms with E-state index in [2.05, 4.69) is 10.3 Å². The number of thioether (sulfide) groups is 1. The van der Waals surface area contributed by atoms with Gasteiger partial charge in [0.05, 0.1) is 10.6 Å². The van der Waals surface area contributed by atoms with Gasteiger partial charge >= 0.3 is 0 Å². The molecule has 7 heteroatoms. The molecule has 0 saturated carbocycles. The molecule has 5 nitrogen and oxygen atoms in total. The second kappa shape index (κ2) is 9.15. The fraction of sp³-hybridized carbons (Fsp3) is 0.0870. The van der Waals surface area contributed by atoms with Gasteiger partial charge in [0.15, 0.2) is 0 Å². The van der Waals surface area contributed by atoms with Crippen LogP contribution in [0.3, 0.4) is 0 Å². The number of hydrogen-bond acceptors (Lipinski definition) is 4. The van der Waals surface area contributed by atoms with Gasteiger partial charge in [-0.2, -0.15) is 0 Å². The van der Waals surface area contributed by atoms with Gasteiger partial charge in [-0.05, 0) is 47.5 Å². The second-order valence-corrected chi connectivity index (χ2v) is 8.18. The molecule has 3 aromatic rings. The maximum Gasteiger partial charge on any atom is 0.265 e. The Kier molecular flexibility index (Phi) is 6.16. The molecule has 1 aromatic heterocycles. The van der Waals surface area contributed by atoms with Crippen molar-refractivity contribution in [1.82, 2.24) is 10.3 Å². The van der Waals surface area contributed by atoms with Gasteiger partial charge in [0, 0.05) is 28.9 Å². The van der Waals surface area contributed by atoms with Crippen molar-refractivity contribution in [2.75, 3.05) is 11.4 Å². The van der Waals surface area contributed by atoms with Crippen molar-refractivity contribution in [2.45, 2.75) is 11.4 Å². The van der Waals surface area contributed by atoms with E-state index in [0.29, 0.717) is 16.5 Å². The molecule has 1 aliphatic rings. The van der Waals surface area contributed by atoms with E-state index < -0.39 is 0 Å². The monoisotopic (exact) mass is 435 g/mol. The minimum Gasteiger partial charge on any atom is -0.350 e. The van der Waals surface area contributed by atoms with Crippen molar-refractivity contribution in [3.8, 4) is 0 Å². The lowest BCUT2D eigenvalue weighted by Crippen LogP contribution is -2.42. The fourth-order valence-electron chi connectivity index (χ4n) is 3.07. The van der Waals surface area contributed by atoms with Crippen molar-refractivity contribution in [3.63, 3.8) is 0 Å². The first-order valence-electron chi connectivity index (χ1n) is 9.32. The molecule has 0 radical (unpaired) electrons. The summed E-state index contributed by atoms with van der Waals surface area (Å²) in [6, 6.07) is 18.6. The van der Waals surface area contributed by atoms with Crippen molar-refractivity contribution in [1.29, 1.82) is 0 Å². The summed E-state index contributed by atoms with van der Waals surface area (Å²) in [6.45, 7) is 0.292. The van der Waals surface area contributed by atoms with E-state index in [1.807, 2.05) is 48.5 Å². The molecule has 4 rings (SSSR count). The maximum absolute atomic E-state index is 13.2. The average molecular weight is 436 g/mol. The SMILES string of the molecule is O=C(CN1C(=O)/C(=C/c2cccc(Cl)c2)Sc2ccccc21)NCc1cccnc1. The zero-order valence-corrected chi connectivity index (χ0v) is 17.5. The zero-order chi connectivity index (χ0) is 20.9. The van der Waals surface area contributed by atoms with Crippen LogP contribution < -0.4 is 10.2 Å². The highest BCUT2D eigenvalue weighted by Gasteiger charge is 2.30. The van der Waals surface area contributed by atoms with E-state index in [9.17, 15) is 9.59 Å². The highest BCUT2D eigenvalue weighted by atomic mass is 35.5. The quantitative estimate of drug-likeness (QED) is 0.598. The van der Waals surface area contributed by atoms with Crippen LogP contribution in [0.4, 0.5) is 5.69 Å². The second-order valence-electron chi connectivity index (χ2n) is 6.66. The lowest BCUT2D eigenvalue weighted by atomic mass is 10.2. The summed E-state index contributed by atoms with van der Waals surface area (Å²) in [7, 11) is 0. The van der Waals surface area contributed by atoms with Crippen LogP contribution in [0.5, 0.6) is 0 Å². The van der Waals surface area contributed by atoms with Crippen molar-refractivity contribution in [2.24, 2.45) is 0 Å². The predicted octanol–water partition coefficient (Wildman–Crippen LogP) is 4.53. The van der Waals surface area contributed by atoms with Gasteiger partial charge in [0.1, 0.15) is 6.54 Å². The van der Waals surface area contributed by atoms with E-state index in [1.54, 1.807) is 30.6 Å². The Bertz CT molecular complexity index is 1120. The number of para-hydroxylation sites is 1. The number of halogens is 1. The van der Waals surface area contributed by atoms with Gasteiger partial charge < -0.3 is 5.32 Å². The molecule has 2 amide bonds. The molecule has 0 fully saturated rings. The lowest BCUT2D eigenvalue weighted by molar-refractivity contribution is -0.122. The van der Waals surface area contributed by atoms with Crippen molar-refractivity contribution < 1.29 is 9.59 Å². The van der Waals surface area contributed by atoms with Gasteiger partial charge in [-0.3, -0.25) is 19.5 Å². The van der Waals surface area contributed by atoms with Crippen LogP contribution in [-0.4, -0.2) is 23.3 Å². The maximum atomic E-state index is 13.2. The number of nitrogens with one attached hydrogen (secondary N) is 1. The van der Waals surface area contributed by atoms with Crippen LogP contribution in [-0.2, 0) is 16.1 Å². The standard InChI is InChI=1S/C23H18ClN3O2S/c24-18-7-3-5-16(11-18)12-21-23(29)27(19-8-1-2-9-20(19)30-21)15-22(28)26-14-17-6-4-10-25-13-17/h1-13H,14-15H2,(H,26,28)/b21-12-. The summed E-state index contributed by atoms with van der Waals surface area (Å²) >= 11 is 7.47. The number of anilines is 1. The summed E-state index contributed by atoms with van der Waals surface area (Å²) < 4.78 is 0. The van der Waals surface area contributed by atoms with Crippen LogP contribution in [0.25, 0.3) is 6.08 Å². The molecule has 0 spiro atoms. The summed E-state index contributed by atoms with van der Waals surface area (Å²) in [4.78, 5) is 32.8. The molecular weight excluding hydrogens is 418 g/mol. The van der Waals surface area contributed by atoms with Crippen molar-refractivity contribution in [3.05, 3.63) is 94.1 Å². The third kappa shape index (κ3) is 4.72. The Balaban J connectivity index is 1.56. The summed E-state index contributed by atoms with van der Waals surface area (Å²) in [5.74, 6) is -0.453. The molecule has 0 atom stereocenters. The molecule has 0 unspecified atom stereocenters.